The molecule has 0 aliphatic rings. The van der Waals surface area contributed by atoms with Crippen molar-refractivity contribution in [2.45, 2.75) is 13.1 Å². The van der Waals surface area contributed by atoms with Crippen molar-refractivity contribution >= 4 is 5.91 Å². The number of rotatable bonds is 4. The molecule has 0 aromatic carbocycles. The van der Waals surface area contributed by atoms with Crippen LogP contribution in [0.2, 0.25) is 0 Å². The highest BCUT2D eigenvalue weighted by atomic mass is 16.4. The molecule has 0 radical (unpaired) electrons. The van der Waals surface area contributed by atoms with Gasteiger partial charge >= 0.3 is 0 Å². The molecular formula is C11H12N4O2. The van der Waals surface area contributed by atoms with Crippen LogP contribution in [0, 0.1) is 0 Å². The first-order chi connectivity index (χ1) is 8.29. The summed E-state index contributed by atoms with van der Waals surface area (Å²) in [7, 11) is 0. The van der Waals surface area contributed by atoms with Crippen molar-refractivity contribution in [2.24, 2.45) is 5.73 Å². The first-order valence-corrected chi connectivity index (χ1v) is 5.13. The Balaban J connectivity index is 1.93. The van der Waals surface area contributed by atoms with E-state index in [9.17, 15) is 4.79 Å². The van der Waals surface area contributed by atoms with Gasteiger partial charge in [0.1, 0.15) is 5.76 Å². The largest absolute Gasteiger partial charge is 0.455 e. The third-order valence-electron chi connectivity index (χ3n) is 2.14. The summed E-state index contributed by atoms with van der Waals surface area (Å²) in [5.74, 6) is 0.527. The number of furan rings is 1. The molecule has 2 heterocycles. The van der Waals surface area contributed by atoms with Crippen LogP contribution in [-0.4, -0.2) is 16.1 Å². The Hall–Kier alpha value is -2.21. The van der Waals surface area contributed by atoms with E-state index < -0.39 is 0 Å². The molecule has 0 fully saturated rings. The van der Waals surface area contributed by atoms with Crippen LogP contribution in [0.4, 0.5) is 0 Å². The summed E-state index contributed by atoms with van der Waals surface area (Å²) in [5.41, 5.74) is 6.07. The Morgan fingerprint density at radius 3 is 2.94 bits per heavy atom. The summed E-state index contributed by atoms with van der Waals surface area (Å²) in [5, 5.41) is 10.2. The molecule has 3 N–H and O–H groups in total. The molecule has 6 nitrogen and oxygen atoms in total. The Kier molecular flexibility index (Phi) is 3.46. The van der Waals surface area contributed by atoms with Crippen molar-refractivity contribution in [3.05, 3.63) is 47.7 Å². The summed E-state index contributed by atoms with van der Waals surface area (Å²) in [6, 6.07) is 6.81. The van der Waals surface area contributed by atoms with Crippen molar-refractivity contribution in [1.82, 2.24) is 15.5 Å². The zero-order valence-corrected chi connectivity index (χ0v) is 9.09. The van der Waals surface area contributed by atoms with E-state index in [1.54, 1.807) is 30.5 Å². The van der Waals surface area contributed by atoms with Crippen LogP contribution < -0.4 is 11.1 Å². The average Bonchev–Trinajstić information content (AvgIpc) is 2.86. The van der Waals surface area contributed by atoms with Gasteiger partial charge in [0, 0.05) is 6.20 Å². The molecule has 6 heteroatoms. The van der Waals surface area contributed by atoms with Crippen LogP contribution in [0.25, 0.3) is 0 Å². The molecule has 0 bridgehead atoms. The molecule has 2 rings (SSSR count). The second-order valence-electron chi connectivity index (χ2n) is 3.37. The van der Waals surface area contributed by atoms with E-state index in [1.165, 1.54) is 0 Å². The first kappa shape index (κ1) is 11.3. The topological polar surface area (TPSA) is 94.0 Å². The molecule has 0 unspecified atom stereocenters. The Bertz CT molecular complexity index is 495. The zero-order chi connectivity index (χ0) is 12.1. The van der Waals surface area contributed by atoms with Gasteiger partial charge in [-0.1, -0.05) is 0 Å². The molecule has 1 amide bonds. The number of hydrogen-bond donors (Lipinski definition) is 2. The maximum Gasteiger partial charge on any atom is 0.287 e. The Morgan fingerprint density at radius 2 is 2.29 bits per heavy atom. The smallest absolute Gasteiger partial charge is 0.287 e. The maximum atomic E-state index is 11.7. The Labute approximate surface area is 97.8 Å². The van der Waals surface area contributed by atoms with Gasteiger partial charge < -0.3 is 15.5 Å². The van der Waals surface area contributed by atoms with E-state index in [1.807, 2.05) is 0 Å². The Morgan fingerprint density at radius 1 is 1.41 bits per heavy atom. The number of nitrogens with one attached hydrogen (secondary N) is 1. The van der Waals surface area contributed by atoms with Crippen LogP contribution in [-0.2, 0) is 13.1 Å². The van der Waals surface area contributed by atoms with Gasteiger partial charge in [-0.3, -0.25) is 4.79 Å². The molecule has 0 aliphatic carbocycles. The van der Waals surface area contributed by atoms with Crippen LogP contribution in [0.1, 0.15) is 22.0 Å². The average molecular weight is 232 g/mol. The standard InChI is InChI=1S/C11H12N4O2/c12-6-9-3-4-10(17-9)11(16)13-7-8-2-1-5-14-15-8/h1-5H,6-7,12H2,(H,13,16). The van der Waals surface area contributed by atoms with Gasteiger partial charge in [-0.05, 0) is 24.3 Å². The molecule has 0 aliphatic heterocycles. The highest BCUT2D eigenvalue weighted by molar-refractivity contribution is 5.91. The van der Waals surface area contributed by atoms with Gasteiger partial charge in [0.2, 0.25) is 0 Å². The van der Waals surface area contributed by atoms with Crippen molar-refractivity contribution in [3.8, 4) is 0 Å². The van der Waals surface area contributed by atoms with Gasteiger partial charge in [-0.2, -0.15) is 10.2 Å². The van der Waals surface area contributed by atoms with Crippen LogP contribution >= 0.6 is 0 Å². The number of nitrogens with two attached hydrogens (primary N) is 1. The van der Waals surface area contributed by atoms with E-state index >= 15 is 0 Å². The number of nitrogens with zero attached hydrogens (tertiary/aromatic N) is 2. The highest BCUT2D eigenvalue weighted by Gasteiger charge is 2.10. The van der Waals surface area contributed by atoms with E-state index in [4.69, 9.17) is 10.2 Å². The van der Waals surface area contributed by atoms with E-state index in [0.717, 1.165) is 0 Å². The molecule has 0 atom stereocenters. The molecule has 0 saturated heterocycles. The monoisotopic (exact) mass is 232 g/mol. The molecule has 2 aromatic rings. The minimum atomic E-state index is -0.296. The summed E-state index contributed by atoms with van der Waals surface area (Å²) in [6.07, 6.45) is 1.57. The van der Waals surface area contributed by atoms with Crippen molar-refractivity contribution < 1.29 is 9.21 Å². The quantitative estimate of drug-likeness (QED) is 0.798. The fraction of sp³-hybridized carbons (Fsp3) is 0.182. The second-order valence-corrected chi connectivity index (χ2v) is 3.37. The van der Waals surface area contributed by atoms with Gasteiger partial charge in [-0.25, -0.2) is 0 Å². The minimum absolute atomic E-state index is 0.245. The summed E-state index contributed by atoms with van der Waals surface area (Å²) in [4.78, 5) is 11.7. The third-order valence-corrected chi connectivity index (χ3v) is 2.14. The van der Waals surface area contributed by atoms with Crippen LogP contribution in [0.15, 0.2) is 34.9 Å². The fourth-order valence-electron chi connectivity index (χ4n) is 1.30. The summed E-state index contributed by atoms with van der Waals surface area (Å²) >= 11 is 0. The molecule has 0 spiro atoms. The van der Waals surface area contributed by atoms with Crippen molar-refractivity contribution in [3.63, 3.8) is 0 Å². The number of amides is 1. The summed E-state index contributed by atoms with van der Waals surface area (Å²) < 4.78 is 5.21. The number of carbonyl (C=O) groups excluding carboxylic acids is 1. The van der Waals surface area contributed by atoms with Gasteiger partial charge in [0.05, 0.1) is 18.8 Å². The lowest BCUT2D eigenvalue weighted by Crippen LogP contribution is -2.22. The van der Waals surface area contributed by atoms with Crippen molar-refractivity contribution in [2.75, 3.05) is 0 Å². The molecule has 0 saturated carbocycles. The molecule has 2 aromatic heterocycles. The lowest BCUT2D eigenvalue weighted by atomic mass is 10.3. The normalized spacial score (nSPS) is 10.2. The molecule has 17 heavy (non-hydrogen) atoms. The van der Waals surface area contributed by atoms with E-state index in [2.05, 4.69) is 15.5 Å². The minimum Gasteiger partial charge on any atom is -0.455 e. The second kappa shape index (κ2) is 5.22. The SMILES string of the molecule is NCc1ccc(C(=O)NCc2cccnn2)o1. The first-order valence-electron chi connectivity index (χ1n) is 5.13. The van der Waals surface area contributed by atoms with Gasteiger partial charge in [0.15, 0.2) is 5.76 Å². The van der Waals surface area contributed by atoms with Gasteiger partial charge in [0.25, 0.3) is 5.91 Å². The summed E-state index contributed by atoms with van der Waals surface area (Å²) in [6.45, 7) is 0.586. The van der Waals surface area contributed by atoms with Crippen LogP contribution in [0.5, 0.6) is 0 Å². The zero-order valence-electron chi connectivity index (χ0n) is 9.09. The highest BCUT2D eigenvalue weighted by Crippen LogP contribution is 2.06. The number of aromatic nitrogens is 2. The lowest BCUT2D eigenvalue weighted by Gasteiger charge is -2.01. The maximum absolute atomic E-state index is 11.7. The number of carbonyl (C=O) groups is 1. The van der Waals surface area contributed by atoms with Crippen LogP contribution in [0.3, 0.4) is 0 Å². The van der Waals surface area contributed by atoms with Gasteiger partial charge in [-0.15, -0.1) is 0 Å². The number of hydrogen-bond acceptors (Lipinski definition) is 5. The fourth-order valence-corrected chi connectivity index (χ4v) is 1.30. The van der Waals surface area contributed by atoms with Crippen molar-refractivity contribution in [1.29, 1.82) is 0 Å². The predicted molar refractivity (Wildman–Crippen MR) is 59.8 cm³/mol. The molecular weight excluding hydrogens is 220 g/mol. The van der Waals surface area contributed by atoms with E-state index in [0.29, 0.717) is 18.0 Å². The third kappa shape index (κ3) is 2.88. The lowest BCUT2D eigenvalue weighted by molar-refractivity contribution is 0.0921. The predicted octanol–water partition coefficient (Wildman–Crippen LogP) is 0.458. The van der Waals surface area contributed by atoms with E-state index in [-0.39, 0.29) is 18.2 Å². The molecule has 88 valence electrons.